The third-order valence-electron chi connectivity index (χ3n) is 14.9. The Bertz CT molecular complexity index is 6200. The van der Waals surface area contributed by atoms with E-state index >= 15 is 0 Å². The van der Waals surface area contributed by atoms with Crippen LogP contribution >= 0.6 is 0 Å². The maximum Gasteiger partial charge on any atom is 0.251 e. The molecule has 0 aliphatic rings. The van der Waals surface area contributed by atoms with Crippen molar-refractivity contribution in [3.8, 4) is 332 Å². The molecule has 3 aromatic carbocycles. The third-order valence-corrected chi connectivity index (χ3v) is 14.9. The van der Waals surface area contributed by atoms with Crippen LogP contribution in [-0.2, 0) is 11.2 Å². The lowest BCUT2D eigenvalue weighted by Gasteiger charge is -2.24. The monoisotopic (exact) mass is 1650 g/mol. The first-order valence-electron chi connectivity index (χ1n) is 37.7. The van der Waals surface area contributed by atoms with Crippen LogP contribution in [-0.4, -0.2) is 98.9 Å². The van der Waals surface area contributed by atoms with Gasteiger partial charge in [-0.3, -0.25) is 14.4 Å². The van der Waals surface area contributed by atoms with Crippen molar-refractivity contribution in [1.82, 2.24) is 21.3 Å². The number of nitrogens with zero attached hydrogens (tertiary/aromatic N) is 9. The Morgan fingerprint density at radius 2 is 0.627 bits per heavy atom. The fourth-order valence-corrected chi connectivity index (χ4v) is 7.38. The first kappa shape index (κ1) is 108. The fourth-order valence-electron chi connectivity index (χ4n) is 7.38. The molecular weight excluding hydrogens is 1560 g/mol. The van der Waals surface area contributed by atoms with Gasteiger partial charge in [-0.25, -0.2) is 0 Å². The summed E-state index contributed by atoms with van der Waals surface area (Å²) in [6, 6.07) is 21.6. The summed E-state index contributed by atoms with van der Waals surface area (Å²) in [6.07, 6.45) is 13.7. The van der Waals surface area contributed by atoms with Gasteiger partial charge in [-0.05, 0) is 232 Å². The fraction of sp³-hybridized carbons (Fsp3) is 0.299. The highest BCUT2D eigenvalue weighted by Crippen LogP contribution is 2.27. The molecule has 3 aromatic rings. The smallest absolute Gasteiger partial charge is 0.251 e. The first-order chi connectivity index (χ1) is 60.5. The Labute approximate surface area is 745 Å². The molecule has 0 unspecified atom stereocenters. The van der Waals surface area contributed by atoms with Crippen LogP contribution in [0.15, 0.2) is 88.1 Å². The second-order valence-corrected chi connectivity index (χ2v) is 28.1. The van der Waals surface area contributed by atoms with Crippen molar-refractivity contribution < 1.29 is 28.6 Å². The van der Waals surface area contributed by atoms with E-state index in [1.165, 1.54) is 0 Å². The Balaban J connectivity index is 0.00000180. The van der Waals surface area contributed by atoms with Gasteiger partial charge in [0.2, 0.25) is 0 Å². The van der Waals surface area contributed by atoms with E-state index in [2.05, 4.69) is 394 Å². The van der Waals surface area contributed by atoms with E-state index in [-0.39, 0.29) is 40.6 Å². The number of amides is 2. The van der Waals surface area contributed by atoms with Gasteiger partial charge in [0.1, 0.15) is 24.7 Å². The third kappa shape index (κ3) is 63.9. The van der Waals surface area contributed by atoms with Crippen LogP contribution in [0.5, 0.6) is 11.5 Å². The number of likely N-dealkylation sites (N-methyl/N-ethyl adjacent to an activating group) is 2. The van der Waals surface area contributed by atoms with Crippen molar-refractivity contribution in [2.75, 3.05) is 53.6 Å². The number of benzene rings is 3. The average Bonchev–Trinajstić information content (AvgIpc) is 0.873. The average molecular weight is 1650 g/mol. The summed E-state index contributed by atoms with van der Waals surface area (Å²) >= 11 is 0. The van der Waals surface area contributed by atoms with Crippen molar-refractivity contribution in [2.24, 2.45) is 20.8 Å². The number of rotatable bonds is 28. The first-order valence-corrected chi connectivity index (χ1v) is 37.7. The summed E-state index contributed by atoms with van der Waals surface area (Å²) in [7, 11) is 3.77. The lowest BCUT2D eigenvalue weighted by molar-refractivity contribution is 0.0899. The molecule has 0 aliphatic heterocycles. The van der Waals surface area contributed by atoms with Gasteiger partial charge in [0.25, 0.3) is 11.8 Å². The zero-order valence-electron chi connectivity index (χ0n) is 72.8. The van der Waals surface area contributed by atoms with Crippen LogP contribution in [0.4, 0.5) is 0 Å². The van der Waals surface area contributed by atoms with Crippen LogP contribution in [0.3, 0.4) is 0 Å². The molecule has 0 saturated heterocycles. The molecule has 126 heavy (non-hydrogen) atoms. The number of terminal acetylenes is 2. The minimum Gasteiger partial charge on any atom is -0.492 e. The number of ether oxygens (including phenoxy) is 3. The van der Waals surface area contributed by atoms with E-state index in [0.717, 1.165) is 29.7 Å². The number of Topliss-reactive ketones (excluding diaryl/α,β-unsaturated/α-hetero) is 1. The predicted molar refractivity (Wildman–Crippen MR) is 500 cm³/mol. The molecule has 0 fully saturated rings. The Kier molecular flexibility index (Phi) is 58.0. The molecule has 3 rings (SSSR count). The number of ketones is 1. The van der Waals surface area contributed by atoms with E-state index in [1.807, 2.05) is 79.9 Å². The number of hydrogen-bond donors (Lipinski definition) is 4. The van der Waals surface area contributed by atoms with Gasteiger partial charge < -0.3 is 35.5 Å². The highest BCUT2D eigenvalue weighted by molar-refractivity contribution is 5.96. The summed E-state index contributed by atoms with van der Waals surface area (Å²) in [4.78, 5) is 44.9. The molecule has 0 bridgehead atoms. The van der Waals surface area contributed by atoms with Crippen molar-refractivity contribution in [2.45, 2.75) is 150 Å². The Morgan fingerprint density at radius 3 is 0.905 bits per heavy atom. The van der Waals surface area contributed by atoms with Crippen LogP contribution in [0.25, 0.3) is 31.3 Å². The Hall–Kier alpha value is -18.2. The van der Waals surface area contributed by atoms with Gasteiger partial charge >= 0.3 is 0 Å². The minimum absolute atomic E-state index is 0.119. The van der Waals surface area contributed by atoms with E-state index in [1.54, 1.807) is 62.4 Å². The van der Waals surface area contributed by atoms with Crippen molar-refractivity contribution in [1.29, 1.82) is 0 Å². The predicted octanol–water partition coefficient (Wildman–Crippen LogP) is 12.2. The quantitative estimate of drug-likeness (QED) is 0.0135. The summed E-state index contributed by atoms with van der Waals surface area (Å²) in [5, 5.41) is 23.0. The second kappa shape index (κ2) is 67.8. The standard InChI is InChI=1S/C54H2.C19H31N5O3.C18H27N3O.C16H25N5O2/c1-3-5-7-9-11-13-15-17-19-21-23-25-27-29-31-33-35-37-39-41-43-45-47-49-51-53-54-52-50-48-46-44-42-40-38-36-34-32-30-28-26-24-22-20-18-16-14-12-10-8-6-4-2;1-18(2,23-24-20)10-12-26-13-11-22-17(25)15-6-8-16(9-7-15)27-14-19(3,4)21-5;1-6-17(2,3)12-11-16(22)15-9-7-14(8-10-15)13-18(4,5)20-21-19;1-15(2,20-21-17)10-19-14(22)12-6-8-13(9-7-12)23-11-16(3,4)18-5/h1-2H;6-9,21H,10-14H2,1-5H3,(H,22,25);7-10H,6,11-13H2,1-5H3;6-9,18H,10-11H2,1-5H3,(H,19,22). The molecule has 19 nitrogen and oxygen atoms in total. The molecule has 0 aliphatic carbocycles. The number of carbonyl (C=O) groups is 3. The molecule has 19 heteroatoms. The summed E-state index contributed by atoms with van der Waals surface area (Å²) in [5.74, 6) is 129. The van der Waals surface area contributed by atoms with E-state index in [0.29, 0.717) is 69.1 Å². The molecule has 4 N–H and O–H groups in total. The lowest BCUT2D eigenvalue weighted by Crippen LogP contribution is -2.42. The maximum absolute atomic E-state index is 12.2. The molecule has 0 heterocycles. The molecule has 0 atom stereocenters. The molecule has 0 saturated carbocycles. The Morgan fingerprint density at radius 1 is 0.357 bits per heavy atom. The van der Waals surface area contributed by atoms with Gasteiger partial charge in [-0.1, -0.05) is 108 Å². The molecule has 2 amide bonds. The summed E-state index contributed by atoms with van der Waals surface area (Å²) in [5.41, 5.74) is 26.8. The zero-order chi connectivity index (χ0) is 93.4. The highest BCUT2D eigenvalue weighted by atomic mass is 16.5. The second-order valence-electron chi connectivity index (χ2n) is 28.1. The van der Waals surface area contributed by atoms with Gasteiger partial charge in [-0.2, -0.15) is 0 Å². The van der Waals surface area contributed by atoms with Crippen molar-refractivity contribution in [3.63, 3.8) is 0 Å². The molecule has 0 spiro atoms. The molecule has 0 aromatic heterocycles. The zero-order valence-corrected chi connectivity index (χ0v) is 72.8. The topological polar surface area (TPSA) is 273 Å². The number of hydrogen-bond acceptors (Lipinski definition) is 11. The van der Waals surface area contributed by atoms with E-state index in [4.69, 9.17) is 43.7 Å². The van der Waals surface area contributed by atoms with Crippen molar-refractivity contribution >= 4 is 17.6 Å². The normalized spacial score (nSPS) is 8.33. The summed E-state index contributed by atoms with van der Waals surface area (Å²) < 4.78 is 16.9. The SMILES string of the molecule is C#CC#CC#CC#CC#CC#CC#CC#CC#CC#CC#CC#CC#CC#CC#CC#CC#CC#CC#CC#CC#CC#CC#CC#CC#CC#CC#C.CCC(C)(C)CCC(=O)c1ccc(CC(C)(C)N=[N+]=[N-])cc1.CNC(C)(C)COc1ccc(C(=O)NCC(C)(C)N=[N+]=[N-])cc1.CNC(C)(C)COc1ccc(C(=O)NCCOCCC(C)(C)N=[N+]=[N-])cc1. The van der Waals surface area contributed by atoms with Gasteiger partial charge in [0.05, 0.1) is 12.1 Å². The van der Waals surface area contributed by atoms with Crippen LogP contribution in [0, 0.1) is 326 Å². The van der Waals surface area contributed by atoms with Gasteiger partial charge in [-0.15, -0.1) is 12.8 Å². The number of nitrogens with one attached hydrogen (secondary N) is 4. The number of carbonyl (C=O) groups excluding carboxylic acids is 3. The number of azide groups is 3. The van der Waals surface area contributed by atoms with E-state index in [9.17, 15) is 14.4 Å². The lowest BCUT2D eigenvalue weighted by atomic mass is 9.84. The van der Waals surface area contributed by atoms with Gasteiger partial charge in [0.15, 0.2) is 5.78 Å². The summed E-state index contributed by atoms with van der Waals surface area (Å²) in [6.45, 7) is 28.4. The van der Waals surface area contributed by atoms with Gasteiger partial charge in [0, 0.05) is 293 Å². The molecular formula is C107H85N13O6. The van der Waals surface area contributed by atoms with Crippen LogP contribution < -0.4 is 30.7 Å². The van der Waals surface area contributed by atoms with Crippen molar-refractivity contribution in [3.05, 3.63) is 126 Å². The molecule has 0 radical (unpaired) electrons. The highest BCUT2D eigenvalue weighted by Gasteiger charge is 2.22. The van der Waals surface area contributed by atoms with Crippen LogP contribution in [0.2, 0.25) is 0 Å². The van der Waals surface area contributed by atoms with Crippen LogP contribution in [0.1, 0.15) is 152 Å². The van der Waals surface area contributed by atoms with E-state index < -0.39 is 16.6 Å². The maximum atomic E-state index is 12.2. The molecule has 614 valence electrons. The largest absolute Gasteiger partial charge is 0.492 e. The minimum atomic E-state index is -0.661.